The molecule has 0 atom stereocenters. The van der Waals surface area contributed by atoms with Gasteiger partial charge in [0.05, 0.1) is 11.3 Å². The number of hydrogen-bond acceptors (Lipinski definition) is 6. The molecule has 11 heteroatoms. The van der Waals surface area contributed by atoms with Crippen molar-refractivity contribution < 1.29 is 23.1 Å². The summed E-state index contributed by atoms with van der Waals surface area (Å²) in [7, 11) is 0. The van der Waals surface area contributed by atoms with Gasteiger partial charge in [0.1, 0.15) is 10.4 Å². The molecule has 0 fully saturated rings. The van der Waals surface area contributed by atoms with Crippen LogP contribution in [0.4, 0.5) is 18.9 Å². The molecule has 0 aliphatic heterocycles. The Morgan fingerprint density at radius 3 is 2.65 bits per heavy atom. The summed E-state index contributed by atoms with van der Waals surface area (Å²) in [6.45, 7) is 0. The highest BCUT2D eigenvalue weighted by Crippen LogP contribution is 2.33. The summed E-state index contributed by atoms with van der Waals surface area (Å²) >= 11 is 2.19. The van der Waals surface area contributed by atoms with Crippen molar-refractivity contribution in [1.29, 1.82) is 0 Å². The van der Waals surface area contributed by atoms with E-state index in [1.807, 2.05) is 0 Å². The molecule has 6 nitrogen and oxygen atoms in total. The highest BCUT2D eigenvalue weighted by atomic mass is 32.2. The number of nitrogens with one attached hydrogen (secondary N) is 2. The van der Waals surface area contributed by atoms with Crippen molar-refractivity contribution in [3.05, 3.63) is 46.2 Å². The fourth-order valence-corrected chi connectivity index (χ4v) is 3.84. The molecule has 0 radical (unpaired) electrons. The number of H-pyrrole nitrogens is 1. The number of hydrogen-bond donors (Lipinski definition) is 3. The number of anilines is 1. The molecule has 3 aromatic rings. The zero-order valence-corrected chi connectivity index (χ0v) is 14.4. The van der Waals surface area contributed by atoms with E-state index in [1.54, 1.807) is 0 Å². The Bertz CT molecular complexity index is 1010. The third-order valence-electron chi connectivity index (χ3n) is 3.17. The van der Waals surface area contributed by atoms with Gasteiger partial charge in [-0.05, 0) is 24.3 Å². The van der Waals surface area contributed by atoms with Crippen LogP contribution < -0.4 is 10.9 Å². The number of fused-ring (bicyclic) bond motifs is 1. The highest BCUT2D eigenvalue weighted by Gasteiger charge is 2.29. The van der Waals surface area contributed by atoms with Gasteiger partial charge in [0, 0.05) is 11.8 Å². The molecule has 1 aromatic carbocycles. The standard InChI is InChI=1S/C15H10F3N3O3S2/c16-15(17,18)7-1-3-8(4-2-7)19-11(24)6-25-14-21-13-12(26-14)9(22)5-10(23)20-13/h1-5H,6H2,(H,19,24)(H2,20,22,23). The van der Waals surface area contributed by atoms with Crippen molar-refractivity contribution in [2.24, 2.45) is 0 Å². The number of benzene rings is 1. The summed E-state index contributed by atoms with van der Waals surface area (Å²) in [4.78, 5) is 29.8. The summed E-state index contributed by atoms with van der Waals surface area (Å²) in [5.74, 6) is -0.653. The van der Waals surface area contributed by atoms with Gasteiger partial charge in [-0.25, -0.2) is 4.98 Å². The minimum Gasteiger partial charge on any atom is -0.506 e. The second kappa shape index (κ2) is 7.00. The molecule has 26 heavy (non-hydrogen) atoms. The Morgan fingerprint density at radius 2 is 2.00 bits per heavy atom. The lowest BCUT2D eigenvalue weighted by Gasteiger charge is -2.08. The lowest BCUT2D eigenvalue weighted by Crippen LogP contribution is -2.14. The lowest BCUT2D eigenvalue weighted by atomic mass is 10.2. The van der Waals surface area contributed by atoms with Gasteiger partial charge < -0.3 is 15.4 Å². The summed E-state index contributed by atoms with van der Waals surface area (Å²) < 4.78 is 38.3. The summed E-state index contributed by atoms with van der Waals surface area (Å²) in [5, 5.41) is 12.2. The second-order valence-electron chi connectivity index (χ2n) is 5.09. The number of pyridine rings is 1. The molecule has 0 spiro atoms. The maximum atomic E-state index is 12.5. The minimum atomic E-state index is -4.43. The predicted octanol–water partition coefficient (Wildman–Crippen LogP) is 3.44. The maximum Gasteiger partial charge on any atom is 0.416 e. The van der Waals surface area contributed by atoms with E-state index in [-0.39, 0.29) is 22.8 Å². The third-order valence-corrected chi connectivity index (χ3v) is 5.39. The molecule has 1 amide bonds. The number of halogens is 3. The normalized spacial score (nSPS) is 11.7. The molecule has 0 unspecified atom stereocenters. The van der Waals surface area contributed by atoms with Crippen molar-refractivity contribution in [1.82, 2.24) is 9.97 Å². The molecule has 0 aliphatic carbocycles. The van der Waals surface area contributed by atoms with Crippen molar-refractivity contribution >= 4 is 45.0 Å². The maximum absolute atomic E-state index is 12.5. The largest absolute Gasteiger partial charge is 0.506 e. The number of aromatic hydroxyl groups is 1. The van der Waals surface area contributed by atoms with Gasteiger partial charge in [-0.1, -0.05) is 11.8 Å². The van der Waals surface area contributed by atoms with Crippen LogP contribution in [0.15, 0.2) is 39.5 Å². The first kappa shape index (κ1) is 18.3. The molecule has 2 aromatic heterocycles. The number of aromatic amines is 1. The third kappa shape index (κ3) is 4.17. The summed E-state index contributed by atoms with van der Waals surface area (Å²) in [6, 6.07) is 5.15. The van der Waals surface area contributed by atoms with E-state index >= 15 is 0 Å². The van der Waals surface area contributed by atoms with Crippen molar-refractivity contribution in [2.45, 2.75) is 10.5 Å². The van der Waals surface area contributed by atoms with Crippen LogP contribution in [0.25, 0.3) is 10.3 Å². The van der Waals surface area contributed by atoms with E-state index in [0.29, 0.717) is 9.04 Å². The van der Waals surface area contributed by atoms with E-state index in [0.717, 1.165) is 41.3 Å². The van der Waals surface area contributed by atoms with E-state index in [4.69, 9.17) is 0 Å². The van der Waals surface area contributed by atoms with Crippen molar-refractivity contribution in [3.8, 4) is 5.75 Å². The Labute approximate surface area is 152 Å². The van der Waals surface area contributed by atoms with Crippen LogP contribution in [0.2, 0.25) is 0 Å². The van der Waals surface area contributed by atoms with E-state index in [1.165, 1.54) is 12.1 Å². The molecule has 3 N–H and O–H groups in total. The topological polar surface area (TPSA) is 95.1 Å². The summed E-state index contributed by atoms with van der Waals surface area (Å²) in [6.07, 6.45) is -4.43. The Balaban J connectivity index is 1.62. The average molecular weight is 401 g/mol. The Hall–Kier alpha value is -2.53. The zero-order chi connectivity index (χ0) is 18.9. The fraction of sp³-hybridized carbons (Fsp3) is 0.133. The van der Waals surface area contributed by atoms with Crippen molar-refractivity contribution in [2.75, 3.05) is 11.1 Å². The monoisotopic (exact) mass is 401 g/mol. The van der Waals surface area contributed by atoms with E-state index in [2.05, 4.69) is 15.3 Å². The van der Waals surface area contributed by atoms with Gasteiger partial charge in [0.25, 0.3) is 5.56 Å². The molecule has 0 saturated carbocycles. The smallest absolute Gasteiger partial charge is 0.416 e. The highest BCUT2D eigenvalue weighted by molar-refractivity contribution is 8.01. The number of alkyl halides is 3. The van der Waals surface area contributed by atoms with E-state index in [9.17, 15) is 27.9 Å². The molecule has 0 saturated heterocycles. The van der Waals surface area contributed by atoms with Crippen LogP contribution in [0.5, 0.6) is 5.75 Å². The molecule has 0 bridgehead atoms. The van der Waals surface area contributed by atoms with Crippen LogP contribution in [-0.4, -0.2) is 26.7 Å². The van der Waals surface area contributed by atoms with Gasteiger partial charge in [-0.3, -0.25) is 9.59 Å². The van der Waals surface area contributed by atoms with Crippen LogP contribution >= 0.6 is 23.1 Å². The molecular weight excluding hydrogens is 391 g/mol. The number of amides is 1. The molecule has 3 rings (SSSR count). The number of thioether (sulfide) groups is 1. The van der Waals surface area contributed by atoms with Crippen LogP contribution in [-0.2, 0) is 11.0 Å². The number of thiazole rings is 1. The Kier molecular flexibility index (Phi) is 4.92. The van der Waals surface area contributed by atoms with Crippen LogP contribution in [0.3, 0.4) is 0 Å². The number of nitrogens with zero attached hydrogens (tertiary/aromatic N) is 1. The van der Waals surface area contributed by atoms with Gasteiger partial charge >= 0.3 is 6.18 Å². The SMILES string of the molecule is O=C(CSc1nc2[nH]c(=O)cc(O)c2s1)Nc1ccc(C(F)(F)F)cc1. The first-order chi connectivity index (χ1) is 12.2. The van der Waals surface area contributed by atoms with Gasteiger partial charge in [0.15, 0.2) is 9.99 Å². The number of aromatic nitrogens is 2. The first-order valence-corrected chi connectivity index (χ1v) is 8.85. The molecular formula is C15H10F3N3O3S2. The van der Waals surface area contributed by atoms with Gasteiger partial charge in [0.2, 0.25) is 5.91 Å². The quantitative estimate of drug-likeness (QED) is 0.582. The fourth-order valence-electron chi connectivity index (χ4n) is 2.03. The zero-order valence-electron chi connectivity index (χ0n) is 12.8. The second-order valence-corrected chi connectivity index (χ2v) is 7.31. The Morgan fingerprint density at radius 1 is 1.31 bits per heavy atom. The number of rotatable bonds is 4. The summed E-state index contributed by atoms with van der Waals surface area (Å²) in [5.41, 5.74) is -0.814. The predicted molar refractivity (Wildman–Crippen MR) is 92.7 cm³/mol. The van der Waals surface area contributed by atoms with Gasteiger partial charge in [-0.2, -0.15) is 13.2 Å². The first-order valence-electron chi connectivity index (χ1n) is 7.05. The minimum absolute atomic E-state index is 0.0359. The number of carbonyl (C=O) groups is 1. The van der Waals surface area contributed by atoms with Gasteiger partial charge in [-0.15, -0.1) is 11.3 Å². The van der Waals surface area contributed by atoms with Crippen molar-refractivity contribution in [3.63, 3.8) is 0 Å². The van der Waals surface area contributed by atoms with E-state index < -0.39 is 23.2 Å². The van der Waals surface area contributed by atoms with Crippen LogP contribution in [0.1, 0.15) is 5.56 Å². The lowest BCUT2D eigenvalue weighted by molar-refractivity contribution is -0.137. The van der Waals surface area contributed by atoms with Crippen LogP contribution in [0, 0.1) is 0 Å². The number of carbonyl (C=O) groups excluding carboxylic acids is 1. The molecule has 136 valence electrons. The molecule has 2 heterocycles. The molecule has 0 aliphatic rings. The average Bonchev–Trinajstić information content (AvgIpc) is 2.96.